The Labute approximate surface area is 103 Å². The van der Waals surface area contributed by atoms with E-state index in [1.807, 2.05) is 6.92 Å². The van der Waals surface area contributed by atoms with Gasteiger partial charge in [-0.2, -0.15) is 0 Å². The van der Waals surface area contributed by atoms with Crippen LogP contribution in [0.5, 0.6) is 0 Å². The third kappa shape index (κ3) is 4.63. The van der Waals surface area contributed by atoms with E-state index in [-0.39, 0.29) is 0 Å². The molecule has 0 radical (unpaired) electrons. The van der Waals surface area contributed by atoms with E-state index < -0.39 is 0 Å². The van der Waals surface area contributed by atoms with Crippen LogP contribution in [0.2, 0.25) is 0 Å². The van der Waals surface area contributed by atoms with E-state index in [4.69, 9.17) is 21.7 Å². The first-order valence-electron chi connectivity index (χ1n) is 5.95. The van der Waals surface area contributed by atoms with Crippen LogP contribution in [0.4, 0.5) is 0 Å². The van der Waals surface area contributed by atoms with Crippen LogP contribution in [0, 0.1) is 0 Å². The lowest BCUT2D eigenvalue weighted by atomic mass is 10.3. The van der Waals surface area contributed by atoms with Gasteiger partial charge in [-0.05, 0) is 32.5 Å². The predicted molar refractivity (Wildman–Crippen MR) is 68.7 cm³/mol. The molecule has 0 aromatic rings. The minimum absolute atomic E-state index is 0.376. The number of thiocarbonyl (C=S) groups is 1. The largest absolute Gasteiger partial charge is 0.382 e. The third-order valence-electron chi connectivity index (χ3n) is 2.57. The SMILES string of the molecule is CCOCCCNC(=S)N1CCOCC1C. The summed E-state index contributed by atoms with van der Waals surface area (Å²) >= 11 is 5.35. The quantitative estimate of drug-likeness (QED) is 0.578. The highest BCUT2D eigenvalue weighted by molar-refractivity contribution is 7.80. The third-order valence-corrected chi connectivity index (χ3v) is 2.95. The number of nitrogens with one attached hydrogen (secondary N) is 1. The lowest BCUT2D eigenvalue weighted by molar-refractivity contribution is 0.0328. The molecule has 16 heavy (non-hydrogen) atoms. The van der Waals surface area contributed by atoms with Crippen molar-refractivity contribution in [1.29, 1.82) is 0 Å². The molecule has 1 aliphatic heterocycles. The zero-order chi connectivity index (χ0) is 11.8. The maximum atomic E-state index is 5.37. The van der Waals surface area contributed by atoms with E-state index in [9.17, 15) is 0 Å². The van der Waals surface area contributed by atoms with Gasteiger partial charge in [0, 0.05) is 26.3 Å². The van der Waals surface area contributed by atoms with Gasteiger partial charge in [-0.15, -0.1) is 0 Å². The normalized spacial score (nSPS) is 20.9. The van der Waals surface area contributed by atoms with Crippen LogP contribution >= 0.6 is 12.2 Å². The predicted octanol–water partition coefficient (Wildman–Crippen LogP) is 1.01. The molecule has 0 aliphatic carbocycles. The smallest absolute Gasteiger partial charge is 0.169 e. The number of hydrogen-bond donors (Lipinski definition) is 1. The zero-order valence-corrected chi connectivity index (χ0v) is 11.0. The summed E-state index contributed by atoms with van der Waals surface area (Å²) < 4.78 is 10.6. The van der Waals surface area contributed by atoms with Crippen molar-refractivity contribution >= 4 is 17.3 Å². The fraction of sp³-hybridized carbons (Fsp3) is 0.909. The highest BCUT2D eigenvalue weighted by Crippen LogP contribution is 2.06. The van der Waals surface area contributed by atoms with Crippen LogP contribution in [0.25, 0.3) is 0 Å². The number of ether oxygens (including phenoxy) is 2. The lowest BCUT2D eigenvalue weighted by Gasteiger charge is -2.35. The van der Waals surface area contributed by atoms with Crippen molar-refractivity contribution in [3.05, 3.63) is 0 Å². The molecule has 0 bridgehead atoms. The Balaban J connectivity index is 2.13. The summed E-state index contributed by atoms with van der Waals surface area (Å²) in [6, 6.07) is 0.376. The lowest BCUT2D eigenvalue weighted by Crippen LogP contribution is -2.51. The van der Waals surface area contributed by atoms with Crippen LogP contribution < -0.4 is 5.32 Å². The van der Waals surface area contributed by atoms with Crippen molar-refractivity contribution < 1.29 is 9.47 Å². The molecule has 1 rings (SSSR count). The standard InChI is InChI=1S/C11H22N2O2S/c1-3-14-7-4-5-12-11(16)13-6-8-15-9-10(13)2/h10H,3-9H2,1-2H3,(H,12,16). The highest BCUT2D eigenvalue weighted by Gasteiger charge is 2.20. The van der Waals surface area contributed by atoms with Crippen LogP contribution in [0.1, 0.15) is 20.3 Å². The summed E-state index contributed by atoms with van der Waals surface area (Å²) in [5, 5.41) is 4.10. The van der Waals surface area contributed by atoms with Gasteiger partial charge in [-0.1, -0.05) is 0 Å². The second kappa shape index (κ2) is 7.81. The zero-order valence-electron chi connectivity index (χ0n) is 10.2. The maximum Gasteiger partial charge on any atom is 0.169 e. The van der Waals surface area contributed by atoms with Crippen LogP contribution in [-0.4, -0.2) is 55.6 Å². The molecular weight excluding hydrogens is 224 g/mol. The van der Waals surface area contributed by atoms with Crippen LogP contribution in [-0.2, 0) is 9.47 Å². The number of nitrogens with zero attached hydrogens (tertiary/aromatic N) is 1. The summed E-state index contributed by atoms with van der Waals surface area (Å²) in [5.41, 5.74) is 0. The van der Waals surface area contributed by atoms with Gasteiger partial charge in [0.2, 0.25) is 0 Å². The van der Waals surface area contributed by atoms with E-state index in [1.165, 1.54) is 0 Å². The van der Waals surface area contributed by atoms with Crippen molar-refractivity contribution in [3.63, 3.8) is 0 Å². The van der Waals surface area contributed by atoms with E-state index >= 15 is 0 Å². The first kappa shape index (κ1) is 13.7. The van der Waals surface area contributed by atoms with Crippen LogP contribution in [0.15, 0.2) is 0 Å². The Hall–Kier alpha value is -0.390. The topological polar surface area (TPSA) is 33.7 Å². The summed E-state index contributed by atoms with van der Waals surface area (Å²) in [5.74, 6) is 0. The molecule has 5 heteroatoms. The van der Waals surface area contributed by atoms with Crippen LogP contribution in [0.3, 0.4) is 0 Å². The molecular formula is C11H22N2O2S. The second-order valence-corrected chi connectivity index (χ2v) is 4.29. The van der Waals surface area contributed by atoms with Gasteiger partial charge in [0.1, 0.15) is 0 Å². The molecule has 94 valence electrons. The van der Waals surface area contributed by atoms with Gasteiger partial charge in [0.25, 0.3) is 0 Å². The number of morpholine rings is 1. The molecule has 1 heterocycles. The van der Waals surface area contributed by atoms with Gasteiger partial charge < -0.3 is 19.7 Å². The van der Waals surface area contributed by atoms with E-state index in [1.54, 1.807) is 0 Å². The molecule has 0 aromatic carbocycles. The molecule has 1 fully saturated rings. The molecule has 0 spiro atoms. The van der Waals surface area contributed by atoms with Crippen molar-refractivity contribution in [2.24, 2.45) is 0 Å². The molecule has 1 atom stereocenters. The Kier molecular flexibility index (Phi) is 6.68. The molecule has 0 saturated carbocycles. The van der Waals surface area contributed by atoms with Crippen molar-refractivity contribution in [2.45, 2.75) is 26.3 Å². The Bertz CT molecular complexity index is 214. The first-order valence-corrected chi connectivity index (χ1v) is 6.36. The summed E-state index contributed by atoms with van der Waals surface area (Å²) in [7, 11) is 0. The fourth-order valence-corrected chi connectivity index (χ4v) is 2.02. The van der Waals surface area contributed by atoms with Gasteiger partial charge >= 0.3 is 0 Å². The average molecular weight is 246 g/mol. The Morgan fingerprint density at radius 3 is 3.12 bits per heavy atom. The van der Waals surface area contributed by atoms with Gasteiger partial charge in [0.15, 0.2) is 5.11 Å². The van der Waals surface area contributed by atoms with Crippen molar-refractivity contribution in [3.8, 4) is 0 Å². The highest BCUT2D eigenvalue weighted by atomic mass is 32.1. The second-order valence-electron chi connectivity index (χ2n) is 3.90. The van der Waals surface area contributed by atoms with E-state index in [0.717, 1.165) is 51.1 Å². The molecule has 1 unspecified atom stereocenters. The van der Waals surface area contributed by atoms with Gasteiger partial charge in [-0.3, -0.25) is 0 Å². The van der Waals surface area contributed by atoms with E-state index in [0.29, 0.717) is 6.04 Å². The number of hydrogen-bond acceptors (Lipinski definition) is 3. The van der Waals surface area contributed by atoms with Crippen molar-refractivity contribution in [2.75, 3.05) is 39.5 Å². The minimum Gasteiger partial charge on any atom is -0.382 e. The molecule has 4 nitrogen and oxygen atoms in total. The summed E-state index contributed by atoms with van der Waals surface area (Å²) in [4.78, 5) is 2.19. The summed E-state index contributed by atoms with van der Waals surface area (Å²) in [6.45, 7) is 9.02. The van der Waals surface area contributed by atoms with Gasteiger partial charge in [0.05, 0.1) is 19.3 Å². The molecule has 1 N–H and O–H groups in total. The average Bonchev–Trinajstić information content (AvgIpc) is 2.29. The molecule has 0 aromatic heterocycles. The maximum absolute atomic E-state index is 5.37. The number of rotatable bonds is 5. The molecule has 1 saturated heterocycles. The summed E-state index contributed by atoms with van der Waals surface area (Å²) in [6.07, 6.45) is 0.993. The first-order chi connectivity index (χ1) is 7.75. The molecule has 1 aliphatic rings. The Morgan fingerprint density at radius 2 is 2.44 bits per heavy atom. The molecule has 0 amide bonds. The van der Waals surface area contributed by atoms with Gasteiger partial charge in [-0.25, -0.2) is 0 Å². The van der Waals surface area contributed by atoms with E-state index in [2.05, 4.69) is 17.1 Å². The Morgan fingerprint density at radius 1 is 1.62 bits per heavy atom. The van der Waals surface area contributed by atoms with Crippen molar-refractivity contribution in [1.82, 2.24) is 10.2 Å². The monoisotopic (exact) mass is 246 g/mol. The fourth-order valence-electron chi connectivity index (χ4n) is 1.64. The minimum atomic E-state index is 0.376.